The van der Waals surface area contributed by atoms with Gasteiger partial charge in [-0.15, -0.1) is 0 Å². The molecule has 0 aromatic heterocycles. The van der Waals surface area contributed by atoms with Gasteiger partial charge in [0.15, 0.2) is 0 Å². The van der Waals surface area contributed by atoms with Crippen molar-refractivity contribution in [3.8, 4) is 0 Å². The molecule has 0 bridgehead atoms. The van der Waals surface area contributed by atoms with Gasteiger partial charge in [-0.1, -0.05) is 39.3 Å². The van der Waals surface area contributed by atoms with Crippen LogP contribution in [0.4, 0.5) is 0 Å². The summed E-state index contributed by atoms with van der Waals surface area (Å²) in [4.78, 5) is 36.6. The van der Waals surface area contributed by atoms with Gasteiger partial charge in [-0.25, -0.2) is 0 Å². The third-order valence-corrected chi connectivity index (χ3v) is 4.62. The van der Waals surface area contributed by atoms with E-state index in [1.165, 1.54) is 6.92 Å². The number of amides is 3. The Morgan fingerprint density at radius 2 is 1.70 bits per heavy atom. The maximum Gasteiger partial charge on any atom is 0.475 e. The van der Waals surface area contributed by atoms with Crippen LogP contribution < -0.4 is 16.0 Å². The number of benzene rings is 1. The van der Waals surface area contributed by atoms with Gasteiger partial charge in [-0.05, 0) is 42.9 Å². The van der Waals surface area contributed by atoms with Crippen molar-refractivity contribution in [3.05, 3.63) is 35.4 Å². The minimum atomic E-state index is -1.73. The first-order chi connectivity index (χ1) is 14.1. The van der Waals surface area contributed by atoms with Gasteiger partial charge in [-0.3, -0.25) is 14.4 Å². The molecule has 30 heavy (non-hydrogen) atoms. The van der Waals surface area contributed by atoms with Gasteiger partial charge in [0.05, 0.1) is 5.94 Å². The molecule has 5 N–H and O–H groups in total. The first kappa shape index (κ1) is 25.7. The molecule has 0 aliphatic rings. The second-order valence-corrected chi connectivity index (χ2v) is 7.92. The molecule has 8 nitrogen and oxygen atoms in total. The minimum Gasteiger partial charge on any atom is -0.426 e. The number of rotatable bonds is 12. The van der Waals surface area contributed by atoms with Gasteiger partial charge in [0.25, 0.3) is 5.91 Å². The summed E-state index contributed by atoms with van der Waals surface area (Å²) in [6, 6.07) is 6.11. The first-order valence-corrected chi connectivity index (χ1v) is 10.4. The van der Waals surface area contributed by atoms with Gasteiger partial charge >= 0.3 is 7.12 Å². The Kier molecular flexibility index (Phi) is 11.1. The van der Waals surface area contributed by atoms with Crippen molar-refractivity contribution in [1.82, 2.24) is 16.0 Å². The summed E-state index contributed by atoms with van der Waals surface area (Å²) < 4.78 is 0. The van der Waals surface area contributed by atoms with E-state index in [2.05, 4.69) is 22.9 Å². The topological polar surface area (TPSA) is 128 Å². The number of nitrogens with one attached hydrogen (secondary N) is 3. The summed E-state index contributed by atoms with van der Waals surface area (Å²) in [5.41, 5.74) is 1.53. The van der Waals surface area contributed by atoms with Gasteiger partial charge in [-0.2, -0.15) is 0 Å². The van der Waals surface area contributed by atoms with Crippen molar-refractivity contribution in [3.63, 3.8) is 0 Å². The monoisotopic (exact) mass is 419 g/mol. The van der Waals surface area contributed by atoms with Crippen LogP contribution in [0, 0.1) is 5.92 Å². The maximum atomic E-state index is 12.7. The van der Waals surface area contributed by atoms with E-state index in [0.717, 1.165) is 24.8 Å². The second-order valence-electron chi connectivity index (χ2n) is 7.92. The molecule has 0 fully saturated rings. The Labute approximate surface area is 179 Å². The molecule has 1 aromatic carbocycles. The van der Waals surface area contributed by atoms with Crippen LogP contribution in [-0.4, -0.2) is 53.4 Å². The largest absolute Gasteiger partial charge is 0.475 e. The van der Waals surface area contributed by atoms with E-state index in [-0.39, 0.29) is 18.4 Å². The van der Waals surface area contributed by atoms with E-state index in [4.69, 9.17) is 0 Å². The number of unbranched alkanes of at least 4 members (excludes halogenated alkanes) is 1. The van der Waals surface area contributed by atoms with Crippen LogP contribution >= 0.6 is 0 Å². The van der Waals surface area contributed by atoms with Crippen LogP contribution in [0.5, 0.6) is 0 Å². The van der Waals surface area contributed by atoms with Gasteiger partial charge in [0, 0.05) is 19.0 Å². The summed E-state index contributed by atoms with van der Waals surface area (Å²) in [7, 11) is -1.73. The fourth-order valence-corrected chi connectivity index (χ4v) is 2.95. The minimum absolute atomic E-state index is 0.114. The second kappa shape index (κ2) is 13.0. The van der Waals surface area contributed by atoms with Crippen molar-refractivity contribution in [2.75, 3.05) is 6.54 Å². The molecule has 9 heteroatoms. The summed E-state index contributed by atoms with van der Waals surface area (Å²) >= 11 is 0. The fourth-order valence-electron chi connectivity index (χ4n) is 2.95. The molecule has 1 aromatic rings. The lowest BCUT2D eigenvalue weighted by molar-refractivity contribution is -0.123. The molecule has 1 unspecified atom stereocenters. The standard InChI is InChI=1S/C21H34BN3O5/c1-5-6-7-16-8-10-17(11-9-16)20(27)24-18(13-23-15(4)26)21(28)25-19(22(29)30)12-14(2)3/h8-11,14,18-19,29-30H,5-7,12-13H2,1-4H3,(H,23,26)(H,24,27)(H,25,28)/t18-,19?/m0/s1. The molecule has 0 aliphatic carbocycles. The van der Waals surface area contributed by atoms with Crippen molar-refractivity contribution in [2.45, 2.75) is 65.4 Å². The number of aryl methyl sites for hydroxylation is 1. The highest BCUT2D eigenvalue weighted by Gasteiger charge is 2.30. The molecular formula is C21H34BN3O5. The molecule has 0 spiro atoms. The molecule has 0 radical (unpaired) electrons. The van der Waals surface area contributed by atoms with E-state index in [9.17, 15) is 24.4 Å². The van der Waals surface area contributed by atoms with E-state index in [1.54, 1.807) is 12.1 Å². The van der Waals surface area contributed by atoms with Crippen LogP contribution in [0.1, 0.15) is 62.9 Å². The molecule has 0 aliphatic heterocycles. The summed E-state index contributed by atoms with van der Waals surface area (Å²) in [6.07, 6.45) is 3.44. The summed E-state index contributed by atoms with van der Waals surface area (Å²) in [5, 5.41) is 26.8. The highest BCUT2D eigenvalue weighted by atomic mass is 16.4. The molecule has 166 valence electrons. The molecule has 3 amide bonds. The van der Waals surface area contributed by atoms with Crippen LogP contribution in [0.15, 0.2) is 24.3 Å². The van der Waals surface area contributed by atoms with Crippen molar-refractivity contribution in [1.29, 1.82) is 0 Å². The first-order valence-electron chi connectivity index (χ1n) is 10.4. The van der Waals surface area contributed by atoms with E-state index < -0.39 is 30.9 Å². The van der Waals surface area contributed by atoms with Crippen LogP contribution in [0.25, 0.3) is 0 Å². The zero-order valence-electron chi connectivity index (χ0n) is 18.3. The molecular weight excluding hydrogens is 385 g/mol. The molecule has 1 rings (SSSR count). The molecule has 2 atom stereocenters. The number of hydrogen-bond donors (Lipinski definition) is 5. The zero-order valence-corrected chi connectivity index (χ0v) is 18.3. The predicted molar refractivity (Wildman–Crippen MR) is 117 cm³/mol. The van der Waals surface area contributed by atoms with E-state index >= 15 is 0 Å². The fraction of sp³-hybridized carbons (Fsp3) is 0.571. The van der Waals surface area contributed by atoms with Gasteiger partial charge < -0.3 is 26.0 Å². The van der Waals surface area contributed by atoms with Crippen molar-refractivity contribution >= 4 is 24.8 Å². The Morgan fingerprint density at radius 3 is 2.20 bits per heavy atom. The van der Waals surface area contributed by atoms with E-state index in [0.29, 0.717) is 12.0 Å². The Bertz CT molecular complexity index is 694. The third-order valence-electron chi connectivity index (χ3n) is 4.62. The summed E-state index contributed by atoms with van der Waals surface area (Å²) in [6.45, 7) is 7.09. The Balaban J connectivity index is 2.86. The van der Waals surface area contributed by atoms with Gasteiger partial charge in [0.1, 0.15) is 6.04 Å². The maximum absolute atomic E-state index is 12.7. The zero-order chi connectivity index (χ0) is 22.7. The SMILES string of the molecule is CCCCc1ccc(C(=O)N[C@@H](CNC(C)=O)C(=O)NC(CC(C)C)B(O)O)cc1. The number of carbonyl (C=O) groups is 3. The third kappa shape index (κ3) is 9.41. The highest BCUT2D eigenvalue weighted by Crippen LogP contribution is 2.09. The number of carbonyl (C=O) groups excluding carboxylic acids is 3. The normalized spacial score (nSPS) is 12.8. The van der Waals surface area contributed by atoms with Crippen LogP contribution in [-0.2, 0) is 16.0 Å². The van der Waals surface area contributed by atoms with Crippen molar-refractivity contribution < 1.29 is 24.4 Å². The highest BCUT2D eigenvalue weighted by molar-refractivity contribution is 6.43. The number of hydrogen-bond acceptors (Lipinski definition) is 5. The lowest BCUT2D eigenvalue weighted by atomic mass is 9.75. The molecule has 0 heterocycles. The quantitative estimate of drug-likeness (QED) is 0.321. The van der Waals surface area contributed by atoms with Gasteiger partial charge in [0.2, 0.25) is 11.8 Å². The lowest BCUT2D eigenvalue weighted by Gasteiger charge is -2.24. The molecule has 0 saturated heterocycles. The Morgan fingerprint density at radius 1 is 1.07 bits per heavy atom. The van der Waals surface area contributed by atoms with Crippen molar-refractivity contribution in [2.24, 2.45) is 5.92 Å². The molecule has 0 saturated carbocycles. The summed E-state index contributed by atoms with van der Waals surface area (Å²) in [5.74, 6) is -2.16. The van der Waals surface area contributed by atoms with E-state index in [1.807, 2.05) is 26.0 Å². The van der Waals surface area contributed by atoms with Crippen LogP contribution in [0.2, 0.25) is 0 Å². The Hall–Kier alpha value is -2.39. The average molecular weight is 419 g/mol. The lowest BCUT2D eigenvalue weighted by Crippen LogP contribution is -2.57. The average Bonchev–Trinajstić information content (AvgIpc) is 2.68. The van der Waals surface area contributed by atoms with Crippen LogP contribution in [0.3, 0.4) is 0 Å². The smallest absolute Gasteiger partial charge is 0.426 e. The predicted octanol–water partition coefficient (Wildman–Crippen LogP) is 0.807.